The van der Waals surface area contributed by atoms with Crippen molar-refractivity contribution in [1.82, 2.24) is 19.7 Å². The van der Waals surface area contributed by atoms with Crippen molar-refractivity contribution in [2.75, 3.05) is 12.4 Å². The number of aryl methyl sites for hydroxylation is 2. The van der Waals surface area contributed by atoms with E-state index in [0.29, 0.717) is 11.8 Å². The van der Waals surface area contributed by atoms with E-state index in [2.05, 4.69) is 20.4 Å². The van der Waals surface area contributed by atoms with Gasteiger partial charge in [0.25, 0.3) is 0 Å². The maximum Gasteiger partial charge on any atom is 0.224 e. The zero-order chi connectivity index (χ0) is 14.3. The van der Waals surface area contributed by atoms with E-state index in [0.717, 1.165) is 41.6 Å². The smallest absolute Gasteiger partial charge is 0.224 e. The number of hydrogen-bond donors (Lipinski definition) is 1. The van der Waals surface area contributed by atoms with Crippen molar-refractivity contribution in [3.05, 3.63) is 23.3 Å². The summed E-state index contributed by atoms with van der Waals surface area (Å²) in [4.78, 5) is 9.00. The molecule has 2 aromatic heterocycles. The van der Waals surface area contributed by atoms with Crippen LogP contribution in [0.15, 0.2) is 6.07 Å². The van der Waals surface area contributed by atoms with Crippen LogP contribution in [0.25, 0.3) is 0 Å². The van der Waals surface area contributed by atoms with Gasteiger partial charge in [-0.3, -0.25) is 4.68 Å². The van der Waals surface area contributed by atoms with Crippen LogP contribution < -0.4 is 10.1 Å². The summed E-state index contributed by atoms with van der Waals surface area (Å²) in [5, 5.41) is 7.41. The summed E-state index contributed by atoms with van der Waals surface area (Å²) in [6.45, 7) is 3.92. The van der Waals surface area contributed by atoms with Gasteiger partial charge in [-0.1, -0.05) is 0 Å². The third-order valence-electron chi connectivity index (χ3n) is 3.57. The Balaban J connectivity index is 1.95. The number of rotatable bonds is 4. The van der Waals surface area contributed by atoms with Crippen molar-refractivity contribution in [3.63, 3.8) is 0 Å². The Labute approximate surface area is 118 Å². The molecule has 1 saturated carbocycles. The van der Waals surface area contributed by atoms with Crippen molar-refractivity contribution in [1.29, 1.82) is 0 Å². The average Bonchev–Trinajstić information content (AvgIpc) is 3.24. The standard InChI is InChI=1S/C14H19N5O/c1-8-13(9(2)19(4)18-8)20-12-7-11(15-3)16-14(17-12)10-5-6-10/h7,10H,5-6H2,1-4H3,(H,15,16,17). The van der Waals surface area contributed by atoms with Crippen molar-refractivity contribution in [3.8, 4) is 11.6 Å². The molecule has 0 aromatic carbocycles. The quantitative estimate of drug-likeness (QED) is 0.927. The molecule has 0 radical (unpaired) electrons. The summed E-state index contributed by atoms with van der Waals surface area (Å²) in [5.74, 6) is 3.49. The van der Waals surface area contributed by atoms with Crippen molar-refractivity contribution in [2.24, 2.45) is 7.05 Å². The number of nitrogens with zero attached hydrogens (tertiary/aromatic N) is 4. The SMILES string of the molecule is CNc1cc(Oc2c(C)nn(C)c2C)nc(C2CC2)n1. The highest BCUT2D eigenvalue weighted by molar-refractivity contribution is 5.42. The molecule has 6 heteroatoms. The first-order valence-electron chi connectivity index (χ1n) is 6.83. The van der Waals surface area contributed by atoms with Gasteiger partial charge in [-0.25, -0.2) is 4.98 Å². The predicted molar refractivity (Wildman–Crippen MR) is 76.3 cm³/mol. The van der Waals surface area contributed by atoms with Crippen LogP contribution in [0, 0.1) is 13.8 Å². The van der Waals surface area contributed by atoms with E-state index in [1.54, 1.807) is 0 Å². The zero-order valence-electron chi connectivity index (χ0n) is 12.3. The molecule has 20 heavy (non-hydrogen) atoms. The lowest BCUT2D eigenvalue weighted by Gasteiger charge is -2.09. The molecule has 106 valence electrons. The molecule has 0 atom stereocenters. The Bertz CT molecular complexity index is 645. The Morgan fingerprint density at radius 1 is 1.30 bits per heavy atom. The molecule has 1 N–H and O–H groups in total. The molecular formula is C14H19N5O. The van der Waals surface area contributed by atoms with Gasteiger partial charge in [0.2, 0.25) is 5.88 Å². The van der Waals surface area contributed by atoms with Gasteiger partial charge in [0, 0.05) is 26.1 Å². The zero-order valence-corrected chi connectivity index (χ0v) is 12.3. The third-order valence-corrected chi connectivity index (χ3v) is 3.57. The predicted octanol–water partition coefficient (Wildman–Crippen LogP) is 2.54. The van der Waals surface area contributed by atoms with Gasteiger partial charge >= 0.3 is 0 Å². The van der Waals surface area contributed by atoms with E-state index in [4.69, 9.17) is 4.74 Å². The summed E-state index contributed by atoms with van der Waals surface area (Å²) in [7, 11) is 3.76. The molecule has 0 bridgehead atoms. The molecule has 0 aliphatic heterocycles. The van der Waals surface area contributed by atoms with Gasteiger partial charge in [-0.05, 0) is 26.7 Å². The number of hydrogen-bond acceptors (Lipinski definition) is 5. The fourth-order valence-electron chi connectivity index (χ4n) is 2.15. The van der Waals surface area contributed by atoms with E-state index >= 15 is 0 Å². The lowest BCUT2D eigenvalue weighted by atomic mass is 10.3. The number of aromatic nitrogens is 4. The van der Waals surface area contributed by atoms with Crippen molar-refractivity contribution < 1.29 is 4.74 Å². The fourth-order valence-corrected chi connectivity index (χ4v) is 2.15. The van der Waals surface area contributed by atoms with Crippen LogP contribution >= 0.6 is 0 Å². The van der Waals surface area contributed by atoms with Crippen LogP contribution in [0.2, 0.25) is 0 Å². The number of ether oxygens (including phenoxy) is 1. The minimum absolute atomic E-state index is 0.488. The van der Waals surface area contributed by atoms with Gasteiger partial charge in [-0.2, -0.15) is 10.1 Å². The molecule has 0 saturated heterocycles. The first-order valence-corrected chi connectivity index (χ1v) is 6.83. The summed E-state index contributed by atoms with van der Waals surface area (Å²) in [5.41, 5.74) is 1.85. The lowest BCUT2D eigenvalue weighted by molar-refractivity contribution is 0.451. The van der Waals surface area contributed by atoms with Crippen LogP contribution in [0.4, 0.5) is 5.82 Å². The molecule has 2 aromatic rings. The molecule has 1 fully saturated rings. The summed E-state index contributed by atoms with van der Waals surface area (Å²) >= 11 is 0. The number of nitrogens with one attached hydrogen (secondary N) is 1. The Morgan fingerprint density at radius 3 is 2.60 bits per heavy atom. The molecule has 0 unspecified atom stereocenters. The number of anilines is 1. The molecule has 0 amide bonds. The van der Waals surface area contributed by atoms with Gasteiger partial charge in [0.1, 0.15) is 17.3 Å². The first-order chi connectivity index (χ1) is 9.58. The van der Waals surface area contributed by atoms with Crippen LogP contribution in [0.1, 0.15) is 36.0 Å². The molecule has 1 aliphatic carbocycles. The second-order valence-electron chi connectivity index (χ2n) is 5.20. The second-order valence-corrected chi connectivity index (χ2v) is 5.20. The highest BCUT2D eigenvalue weighted by Crippen LogP contribution is 2.39. The Hall–Kier alpha value is -2.11. The highest BCUT2D eigenvalue weighted by atomic mass is 16.5. The Kier molecular flexibility index (Phi) is 3.08. The minimum atomic E-state index is 0.488. The Morgan fingerprint density at radius 2 is 2.05 bits per heavy atom. The van der Waals surface area contributed by atoms with E-state index in [1.807, 2.05) is 38.7 Å². The van der Waals surface area contributed by atoms with E-state index in [9.17, 15) is 0 Å². The van der Waals surface area contributed by atoms with Crippen LogP contribution in [0.5, 0.6) is 11.6 Å². The summed E-state index contributed by atoms with van der Waals surface area (Å²) in [6, 6.07) is 1.82. The molecule has 6 nitrogen and oxygen atoms in total. The van der Waals surface area contributed by atoms with E-state index in [-0.39, 0.29) is 0 Å². The van der Waals surface area contributed by atoms with E-state index < -0.39 is 0 Å². The maximum absolute atomic E-state index is 5.95. The molecular weight excluding hydrogens is 254 g/mol. The topological polar surface area (TPSA) is 64.9 Å². The summed E-state index contributed by atoms with van der Waals surface area (Å²) < 4.78 is 7.76. The average molecular weight is 273 g/mol. The minimum Gasteiger partial charge on any atom is -0.435 e. The van der Waals surface area contributed by atoms with Crippen molar-refractivity contribution >= 4 is 5.82 Å². The third kappa shape index (κ3) is 2.33. The van der Waals surface area contributed by atoms with Gasteiger partial charge in [-0.15, -0.1) is 0 Å². The second kappa shape index (κ2) is 4.77. The van der Waals surface area contributed by atoms with Crippen LogP contribution in [-0.4, -0.2) is 26.8 Å². The maximum atomic E-state index is 5.95. The fraction of sp³-hybridized carbons (Fsp3) is 0.500. The summed E-state index contributed by atoms with van der Waals surface area (Å²) in [6.07, 6.45) is 2.33. The van der Waals surface area contributed by atoms with Crippen LogP contribution in [-0.2, 0) is 7.05 Å². The van der Waals surface area contributed by atoms with E-state index in [1.165, 1.54) is 0 Å². The lowest BCUT2D eigenvalue weighted by Crippen LogP contribution is -2.01. The molecule has 0 spiro atoms. The molecule has 2 heterocycles. The normalized spacial score (nSPS) is 14.4. The first kappa shape index (κ1) is 12.9. The molecule has 1 aliphatic rings. The monoisotopic (exact) mass is 273 g/mol. The van der Waals surface area contributed by atoms with Crippen molar-refractivity contribution in [2.45, 2.75) is 32.6 Å². The molecule has 3 rings (SSSR count). The highest BCUT2D eigenvalue weighted by Gasteiger charge is 2.27. The van der Waals surface area contributed by atoms with Gasteiger partial charge in [0.05, 0.1) is 5.69 Å². The largest absolute Gasteiger partial charge is 0.435 e. The van der Waals surface area contributed by atoms with Gasteiger partial charge < -0.3 is 10.1 Å². The van der Waals surface area contributed by atoms with Crippen LogP contribution in [0.3, 0.4) is 0 Å². The van der Waals surface area contributed by atoms with Gasteiger partial charge in [0.15, 0.2) is 5.75 Å².